The molecule has 0 radical (unpaired) electrons. The van der Waals surface area contributed by atoms with Crippen LogP contribution >= 0.6 is 11.3 Å². The largest absolute Gasteiger partial charge is 0.466 e. The molecule has 7 heteroatoms. The Bertz CT molecular complexity index is 456. The standard InChI is InChI=1S/C11H14N2O4S/c1-3-17-10(16)5-8-6-18-11(12-8)13-9(15)4-7(2)14/h6H,3-5H2,1-2H3,(H,12,13,15). The number of anilines is 1. The van der Waals surface area contributed by atoms with E-state index in [4.69, 9.17) is 4.74 Å². The van der Waals surface area contributed by atoms with Gasteiger partial charge in [0.2, 0.25) is 5.91 Å². The van der Waals surface area contributed by atoms with Crippen LogP contribution in [0.25, 0.3) is 0 Å². The van der Waals surface area contributed by atoms with E-state index in [2.05, 4.69) is 10.3 Å². The first-order valence-electron chi connectivity index (χ1n) is 5.40. The van der Waals surface area contributed by atoms with Gasteiger partial charge in [0.15, 0.2) is 5.13 Å². The maximum atomic E-state index is 11.3. The number of hydrogen-bond acceptors (Lipinski definition) is 6. The van der Waals surface area contributed by atoms with Gasteiger partial charge in [-0.25, -0.2) is 4.98 Å². The molecule has 0 aromatic carbocycles. The Hall–Kier alpha value is -1.76. The number of ketones is 1. The third kappa shape index (κ3) is 5.05. The number of aromatic nitrogens is 1. The second kappa shape index (κ2) is 6.85. The molecule has 1 rings (SSSR count). The van der Waals surface area contributed by atoms with Crippen molar-refractivity contribution < 1.29 is 19.1 Å². The van der Waals surface area contributed by atoms with Gasteiger partial charge in [-0.15, -0.1) is 11.3 Å². The lowest BCUT2D eigenvalue weighted by atomic mass is 10.3. The van der Waals surface area contributed by atoms with Gasteiger partial charge in [0.1, 0.15) is 5.78 Å². The number of carbonyl (C=O) groups excluding carboxylic acids is 3. The molecule has 0 saturated heterocycles. The molecule has 1 N–H and O–H groups in total. The zero-order valence-corrected chi connectivity index (χ0v) is 11.0. The number of thiazole rings is 1. The average molecular weight is 270 g/mol. The van der Waals surface area contributed by atoms with Crippen LogP contribution in [0.5, 0.6) is 0 Å². The van der Waals surface area contributed by atoms with Crippen molar-refractivity contribution in [3.8, 4) is 0 Å². The summed E-state index contributed by atoms with van der Waals surface area (Å²) in [5, 5.41) is 4.54. The highest BCUT2D eigenvalue weighted by Gasteiger charge is 2.11. The molecule has 1 heterocycles. The summed E-state index contributed by atoms with van der Waals surface area (Å²) < 4.78 is 4.78. The first-order chi connectivity index (χ1) is 8.51. The van der Waals surface area contributed by atoms with Crippen molar-refractivity contribution >= 4 is 34.1 Å². The Morgan fingerprint density at radius 2 is 2.17 bits per heavy atom. The summed E-state index contributed by atoms with van der Waals surface area (Å²) >= 11 is 1.20. The summed E-state index contributed by atoms with van der Waals surface area (Å²) in [4.78, 5) is 37.3. The minimum Gasteiger partial charge on any atom is -0.466 e. The lowest BCUT2D eigenvalue weighted by Gasteiger charge is -1.99. The summed E-state index contributed by atoms with van der Waals surface area (Å²) in [6.45, 7) is 3.39. The molecule has 18 heavy (non-hydrogen) atoms. The maximum Gasteiger partial charge on any atom is 0.311 e. The zero-order valence-electron chi connectivity index (χ0n) is 10.2. The van der Waals surface area contributed by atoms with Gasteiger partial charge in [-0.1, -0.05) is 0 Å². The first kappa shape index (κ1) is 14.3. The molecular weight excluding hydrogens is 256 g/mol. The summed E-state index contributed by atoms with van der Waals surface area (Å²) in [6, 6.07) is 0. The van der Waals surface area contributed by atoms with E-state index in [0.717, 1.165) is 0 Å². The highest BCUT2D eigenvalue weighted by Crippen LogP contribution is 2.16. The quantitative estimate of drug-likeness (QED) is 0.619. The number of hydrogen-bond donors (Lipinski definition) is 1. The molecule has 0 bridgehead atoms. The molecule has 1 aromatic heterocycles. The van der Waals surface area contributed by atoms with Crippen molar-refractivity contribution in [2.45, 2.75) is 26.7 Å². The van der Waals surface area contributed by atoms with Crippen LogP contribution in [0, 0.1) is 0 Å². The lowest BCUT2D eigenvalue weighted by Crippen LogP contribution is -2.14. The van der Waals surface area contributed by atoms with Crippen LogP contribution in [0.2, 0.25) is 0 Å². The minimum absolute atomic E-state index is 0.0763. The Kier molecular flexibility index (Phi) is 5.44. The van der Waals surface area contributed by atoms with E-state index in [1.807, 2.05) is 0 Å². The maximum absolute atomic E-state index is 11.3. The van der Waals surface area contributed by atoms with Crippen LogP contribution < -0.4 is 5.32 Å². The molecule has 6 nitrogen and oxygen atoms in total. The van der Waals surface area contributed by atoms with Gasteiger partial charge in [-0.2, -0.15) is 0 Å². The molecule has 0 fully saturated rings. The summed E-state index contributed by atoms with van der Waals surface area (Å²) in [5.41, 5.74) is 0.538. The van der Waals surface area contributed by atoms with E-state index < -0.39 is 5.91 Å². The van der Waals surface area contributed by atoms with Crippen molar-refractivity contribution in [3.05, 3.63) is 11.1 Å². The molecular formula is C11H14N2O4S. The van der Waals surface area contributed by atoms with E-state index in [1.54, 1.807) is 12.3 Å². The molecule has 0 unspecified atom stereocenters. The molecule has 1 amide bonds. The van der Waals surface area contributed by atoms with E-state index in [9.17, 15) is 14.4 Å². The van der Waals surface area contributed by atoms with Crippen LogP contribution in [0.4, 0.5) is 5.13 Å². The van der Waals surface area contributed by atoms with Crippen molar-refractivity contribution in [1.82, 2.24) is 4.98 Å². The Labute approximate surface area is 108 Å². The van der Waals surface area contributed by atoms with Gasteiger partial charge in [0.05, 0.1) is 25.1 Å². The topological polar surface area (TPSA) is 85.4 Å². The number of nitrogens with one attached hydrogen (secondary N) is 1. The van der Waals surface area contributed by atoms with Crippen molar-refractivity contribution in [3.63, 3.8) is 0 Å². The highest BCUT2D eigenvalue weighted by atomic mass is 32.1. The highest BCUT2D eigenvalue weighted by molar-refractivity contribution is 7.13. The van der Waals surface area contributed by atoms with E-state index in [1.165, 1.54) is 18.3 Å². The number of rotatable bonds is 6. The number of Topliss-reactive ketones (excluding diaryl/α,β-unsaturated/α-hetero) is 1. The summed E-state index contributed by atoms with van der Waals surface area (Å²) in [6.07, 6.45) is -0.0975. The monoisotopic (exact) mass is 270 g/mol. The second-order valence-electron chi connectivity index (χ2n) is 3.55. The summed E-state index contributed by atoms with van der Waals surface area (Å²) in [5.74, 6) is -0.972. The normalized spacial score (nSPS) is 9.89. The van der Waals surface area contributed by atoms with Gasteiger partial charge >= 0.3 is 5.97 Å². The summed E-state index contributed by atoms with van der Waals surface area (Å²) in [7, 11) is 0. The lowest BCUT2D eigenvalue weighted by molar-refractivity contribution is -0.142. The SMILES string of the molecule is CCOC(=O)Cc1csc(NC(=O)CC(C)=O)n1. The number of esters is 1. The molecule has 0 aliphatic carbocycles. The van der Waals surface area contributed by atoms with Crippen LogP contribution in [0.1, 0.15) is 26.0 Å². The molecule has 0 aliphatic rings. The third-order valence-corrected chi connectivity index (χ3v) is 2.64. The Morgan fingerprint density at radius 3 is 2.78 bits per heavy atom. The van der Waals surface area contributed by atoms with E-state index in [-0.39, 0.29) is 24.6 Å². The smallest absolute Gasteiger partial charge is 0.311 e. The van der Waals surface area contributed by atoms with Crippen LogP contribution in [-0.2, 0) is 25.5 Å². The van der Waals surface area contributed by atoms with Gasteiger partial charge < -0.3 is 10.1 Å². The predicted molar refractivity (Wildman–Crippen MR) is 66.4 cm³/mol. The van der Waals surface area contributed by atoms with Crippen LogP contribution in [0.3, 0.4) is 0 Å². The molecule has 0 atom stereocenters. The fourth-order valence-corrected chi connectivity index (χ4v) is 1.92. The fourth-order valence-electron chi connectivity index (χ4n) is 1.20. The van der Waals surface area contributed by atoms with Gasteiger partial charge in [0, 0.05) is 5.38 Å². The third-order valence-electron chi connectivity index (χ3n) is 1.84. The average Bonchev–Trinajstić information content (AvgIpc) is 2.64. The predicted octanol–water partition coefficient (Wildman–Crippen LogP) is 1.17. The van der Waals surface area contributed by atoms with Gasteiger partial charge in [0.25, 0.3) is 0 Å². The van der Waals surface area contributed by atoms with E-state index >= 15 is 0 Å². The van der Waals surface area contributed by atoms with Crippen LogP contribution in [0.15, 0.2) is 5.38 Å². The number of carbonyl (C=O) groups is 3. The zero-order chi connectivity index (χ0) is 13.5. The minimum atomic E-state index is -0.403. The van der Waals surface area contributed by atoms with Crippen molar-refractivity contribution in [2.75, 3.05) is 11.9 Å². The number of ether oxygens (including phenoxy) is 1. The van der Waals surface area contributed by atoms with Crippen LogP contribution in [-0.4, -0.2) is 29.3 Å². The Balaban J connectivity index is 2.50. The fraction of sp³-hybridized carbons (Fsp3) is 0.455. The van der Waals surface area contributed by atoms with E-state index in [0.29, 0.717) is 17.4 Å². The van der Waals surface area contributed by atoms with Gasteiger partial charge in [-0.3, -0.25) is 14.4 Å². The molecule has 0 spiro atoms. The number of amides is 1. The first-order valence-corrected chi connectivity index (χ1v) is 6.28. The molecule has 0 aliphatic heterocycles. The van der Waals surface area contributed by atoms with Gasteiger partial charge in [-0.05, 0) is 13.8 Å². The number of nitrogens with zero attached hydrogens (tertiary/aromatic N) is 1. The van der Waals surface area contributed by atoms with Crippen molar-refractivity contribution in [1.29, 1.82) is 0 Å². The van der Waals surface area contributed by atoms with Crippen molar-refractivity contribution in [2.24, 2.45) is 0 Å². The molecule has 0 saturated carbocycles. The molecule has 1 aromatic rings. The Morgan fingerprint density at radius 1 is 1.44 bits per heavy atom. The molecule has 98 valence electrons. The second-order valence-corrected chi connectivity index (χ2v) is 4.41.